The second kappa shape index (κ2) is 2.75. The fraction of sp³-hybridized carbons (Fsp3) is 0.900. The van der Waals surface area contributed by atoms with Crippen LogP contribution in [0.25, 0.3) is 0 Å². The molecule has 68 valence electrons. The van der Waals surface area contributed by atoms with Gasteiger partial charge in [-0.25, -0.2) is 0 Å². The quantitative estimate of drug-likeness (QED) is 0.538. The lowest BCUT2D eigenvalue weighted by Crippen LogP contribution is -2.35. The summed E-state index contributed by atoms with van der Waals surface area (Å²) >= 11 is 0. The van der Waals surface area contributed by atoms with Gasteiger partial charge in [0.1, 0.15) is 0 Å². The van der Waals surface area contributed by atoms with E-state index in [1.54, 1.807) is 0 Å². The number of likely N-dealkylation sites (N-methyl/N-ethyl adjacent to an activating group) is 1. The second-order valence-corrected chi connectivity index (χ2v) is 4.30. The number of nitrogens with zero attached hydrogens (tertiary/aromatic N) is 2. The molecule has 12 heavy (non-hydrogen) atoms. The van der Waals surface area contributed by atoms with Gasteiger partial charge in [0, 0.05) is 13.6 Å². The summed E-state index contributed by atoms with van der Waals surface area (Å²) in [6.07, 6.45) is 6.80. The summed E-state index contributed by atoms with van der Waals surface area (Å²) in [6.45, 7) is 3.29. The summed E-state index contributed by atoms with van der Waals surface area (Å²) in [5, 5.41) is 0. The average molecular weight is 166 g/mol. The van der Waals surface area contributed by atoms with Crippen LogP contribution >= 0.6 is 0 Å². The Hall–Kier alpha value is -0.530. The van der Waals surface area contributed by atoms with Crippen molar-refractivity contribution in [3.8, 4) is 0 Å². The fourth-order valence-corrected chi connectivity index (χ4v) is 2.50. The molecule has 0 atom stereocenters. The zero-order chi connectivity index (χ0) is 8.60. The van der Waals surface area contributed by atoms with E-state index in [4.69, 9.17) is 4.99 Å². The molecule has 1 aliphatic heterocycles. The van der Waals surface area contributed by atoms with Crippen molar-refractivity contribution in [3.05, 3.63) is 0 Å². The molecule has 0 N–H and O–H groups in total. The molecule has 0 aromatic rings. The normalized spacial score (nSPS) is 27.8. The summed E-state index contributed by atoms with van der Waals surface area (Å²) in [4.78, 5) is 7.10. The summed E-state index contributed by atoms with van der Waals surface area (Å²) in [6, 6.07) is 0. The molecule has 2 rings (SSSR count). The van der Waals surface area contributed by atoms with Crippen LogP contribution in [0.15, 0.2) is 4.99 Å². The van der Waals surface area contributed by atoms with Gasteiger partial charge in [-0.3, -0.25) is 4.99 Å². The summed E-state index contributed by atoms with van der Waals surface area (Å²) < 4.78 is 0. The Labute approximate surface area is 74.7 Å². The van der Waals surface area contributed by atoms with E-state index in [0.29, 0.717) is 5.54 Å². The van der Waals surface area contributed by atoms with Crippen molar-refractivity contribution in [3.63, 3.8) is 0 Å². The van der Waals surface area contributed by atoms with Gasteiger partial charge in [0.2, 0.25) is 0 Å². The van der Waals surface area contributed by atoms with Crippen LogP contribution in [0.1, 0.15) is 39.0 Å². The van der Waals surface area contributed by atoms with Crippen molar-refractivity contribution in [2.24, 2.45) is 4.99 Å². The third kappa shape index (κ3) is 1.23. The van der Waals surface area contributed by atoms with Crippen LogP contribution in [0.2, 0.25) is 0 Å². The summed E-state index contributed by atoms with van der Waals surface area (Å²) in [5.41, 5.74) is 0.330. The van der Waals surface area contributed by atoms with Gasteiger partial charge in [-0.05, 0) is 19.8 Å². The topological polar surface area (TPSA) is 15.6 Å². The molecule has 2 aliphatic rings. The van der Waals surface area contributed by atoms with E-state index in [-0.39, 0.29) is 0 Å². The first-order valence-corrected chi connectivity index (χ1v) is 4.99. The Balaban J connectivity index is 2.12. The third-order valence-electron chi connectivity index (χ3n) is 3.27. The van der Waals surface area contributed by atoms with Crippen molar-refractivity contribution in [2.45, 2.75) is 44.6 Å². The van der Waals surface area contributed by atoms with Gasteiger partial charge in [0.25, 0.3) is 0 Å². The van der Waals surface area contributed by atoms with Crippen LogP contribution in [-0.4, -0.2) is 29.9 Å². The Kier molecular flexibility index (Phi) is 1.85. The molecule has 1 heterocycles. The maximum absolute atomic E-state index is 4.80. The Bertz CT molecular complexity index is 202. The monoisotopic (exact) mass is 166 g/mol. The maximum atomic E-state index is 4.80. The highest BCUT2D eigenvalue weighted by Crippen LogP contribution is 2.35. The molecule has 0 aromatic heterocycles. The first kappa shape index (κ1) is 8.09. The van der Waals surface area contributed by atoms with Gasteiger partial charge < -0.3 is 4.90 Å². The molecule has 0 amide bonds. The Morgan fingerprint density at radius 2 is 1.92 bits per heavy atom. The smallest absolute Gasteiger partial charge is 0.0963 e. The van der Waals surface area contributed by atoms with E-state index in [2.05, 4.69) is 18.9 Å². The molecule has 0 radical (unpaired) electrons. The number of aliphatic imine (C=N–C) groups is 1. The van der Waals surface area contributed by atoms with E-state index in [9.17, 15) is 0 Å². The van der Waals surface area contributed by atoms with Gasteiger partial charge in [0.15, 0.2) is 0 Å². The first-order valence-electron chi connectivity index (χ1n) is 4.99. The van der Waals surface area contributed by atoms with E-state index in [1.807, 2.05) is 0 Å². The van der Waals surface area contributed by atoms with Gasteiger partial charge in [-0.2, -0.15) is 0 Å². The number of amidine groups is 1. The first-order chi connectivity index (χ1) is 5.72. The number of rotatable bonds is 0. The van der Waals surface area contributed by atoms with Crippen molar-refractivity contribution in [1.82, 2.24) is 4.90 Å². The molecule has 0 saturated heterocycles. The van der Waals surface area contributed by atoms with Crippen LogP contribution in [-0.2, 0) is 0 Å². The van der Waals surface area contributed by atoms with Crippen molar-refractivity contribution in [1.29, 1.82) is 0 Å². The lowest BCUT2D eigenvalue weighted by Gasteiger charge is -2.30. The van der Waals surface area contributed by atoms with E-state index < -0.39 is 0 Å². The molecule has 1 spiro atoms. The highest BCUT2D eigenvalue weighted by atomic mass is 15.2. The molecule has 0 bridgehead atoms. The van der Waals surface area contributed by atoms with Crippen molar-refractivity contribution < 1.29 is 0 Å². The van der Waals surface area contributed by atoms with Gasteiger partial charge in [-0.1, -0.05) is 19.3 Å². The lowest BCUT2D eigenvalue weighted by atomic mass is 9.82. The minimum atomic E-state index is 0.330. The lowest BCUT2D eigenvalue weighted by molar-refractivity contribution is 0.277. The molecule has 2 heteroatoms. The van der Waals surface area contributed by atoms with Gasteiger partial charge in [0.05, 0.1) is 11.4 Å². The maximum Gasteiger partial charge on any atom is 0.0963 e. The molecule has 2 nitrogen and oxygen atoms in total. The van der Waals surface area contributed by atoms with Gasteiger partial charge in [-0.15, -0.1) is 0 Å². The molecule has 1 aliphatic carbocycles. The fourth-order valence-electron chi connectivity index (χ4n) is 2.50. The summed E-state index contributed by atoms with van der Waals surface area (Å²) in [7, 11) is 2.15. The molecular formula is C10H18N2. The van der Waals surface area contributed by atoms with E-state index in [0.717, 1.165) is 0 Å². The highest BCUT2D eigenvalue weighted by Gasteiger charge is 2.37. The molecular weight excluding hydrogens is 148 g/mol. The average Bonchev–Trinajstić information content (AvgIpc) is 2.29. The molecule has 0 aromatic carbocycles. The van der Waals surface area contributed by atoms with E-state index in [1.165, 1.54) is 44.5 Å². The largest absolute Gasteiger partial charge is 0.361 e. The van der Waals surface area contributed by atoms with E-state index >= 15 is 0 Å². The standard InChI is InChI=1S/C10H18N2/c1-9-11-10(8-12(9)2)6-4-3-5-7-10/h3-8H2,1-2H3. The van der Waals surface area contributed by atoms with Crippen LogP contribution in [0.3, 0.4) is 0 Å². The minimum absolute atomic E-state index is 0.330. The second-order valence-electron chi connectivity index (χ2n) is 4.30. The third-order valence-corrected chi connectivity index (χ3v) is 3.27. The zero-order valence-corrected chi connectivity index (χ0v) is 8.14. The predicted molar refractivity (Wildman–Crippen MR) is 51.6 cm³/mol. The number of hydrogen-bond donors (Lipinski definition) is 0. The summed E-state index contributed by atoms with van der Waals surface area (Å²) in [5.74, 6) is 1.23. The number of hydrogen-bond acceptors (Lipinski definition) is 2. The van der Waals surface area contributed by atoms with Crippen LogP contribution in [0.4, 0.5) is 0 Å². The zero-order valence-electron chi connectivity index (χ0n) is 8.14. The van der Waals surface area contributed by atoms with Crippen molar-refractivity contribution >= 4 is 5.84 Å². The van der Waals surface area contributed by atoms with Crippen LogP contribution < -0.4 is 0 Å². The predicted octanol–water partition coefficient (Wildman–Crippen LogP) is 2.05. The SMILES string of the molecule is CC1=NC2(CCCCC2)CN1C. The minimum Gasteiger partial charge on any atom is -0.361 e. The van der Waals surface area contributed by atoms with Gasteiger partial charge >= 0.3 is 0 Å². The van der Waals surface area contributed by atoms with Crippen LogP contribution in [0.5, 0.6) is 0 Å². The Morgan fingerprint density at radius 1 is 1.25 bits per heavy atom. The van der Waals surface area contributed by atoms with Crippen LogP contribution in [0, 0.1) is 0 Å². The Morgan fingerprint density at radius 3 is 2.42 bits per heavy atom. The van der Waals surface area contributed by atoms with Crippen molar-refractivity contribution in [2.75, 3.05) is 13.6 Å². The molecule has 0 unspecified atom stereocenters. The molecule has 1 saturated carbocycles. The highest BCUT2D eigenvalue weighted by molar-refractivity contribution is 5.81. The molecule has 1 fully saturated rings.